The first-order valence-electron chi connectivity index (χ1n) is 6.32. The maximum absolute atomic E-state index is 11.2. The molecule has 0 aromatic rings. The lowest BCUT2D eigenvalue weighted by molar-refractivity contribution is -0.294. The van der Waals surface area contributed by atoms with E-state index in [1.807, 2.05) is 0 Å². The maximum Gasteiger partial charge on any atom is 0.221 e. The van der Waals surface area contributed by atoms with Crippen molar-refractivity contribution in [1.82, 2.24) is 9.96 Å². The smallest absolute Gasteiger partial charge is 0.221 e. The van der Waals surface area contributed by atoms with Crippen molar-refractivity contribution >= 4 is 5.91 Å². The molecule has 1 heterocycles. The second-order valence-corrected chi connectivity index (χ2v) is 6.25. The Bertz CT molecular complexity index is 271. The zero-order valence-corrected chi connectivity index (χ0v) is 12.0. The molecule has 0 unspecified atom stereocenters. The van der Waals surface area contributed by atoms with E-state index in [2.05, 4.69) is 32.8 Å². The topological polar surface area (TPSA) is 32.8 Å². The van der Waals surface area contributed by atoms with Crippen LogP contribution in [0.5, 0.6) is 0 Å². The van der Waals surface area contributed by atoms with Gasteiger partial charge in [0.1, 0.15) is 6.73 Å². The van der Waals surface area contributed by atoms with Crippen LogP contribution >= 0.6 is 0 Å². The van der Waals surface area contributed by atoms with E-state index < -0.39 is 0 Å². The Morgan fingerprint density at radius 3 is 2.12 bits per heavy atom. The first kappa shape index (κ1) is 14.5. The van der Waals surface area contributed by atoms with E-state index in [9.17, 15) is 4.79 Å². The maximum atomic E-state index is 11.2. The van der Waals surface area contributed by atoms with Gasteiger partial charge < -0.3 is 4.90 Å². The van der Waals surface area contributed by atoms with E-state index in [1.165, 1.54) is 6.42 Å². The van der Waals surface area contributed by atoms with Crippen LogP contribution in [0.25, 0.3) is 0 Å². The van der Waals surface area contributed by atoms with E-state index in [1.54, 1.807) is 18.9 Å². The third-order valence-electron chi connectivity index (χ3n) is 3.59. The average Bonchev–Trinajstić information content (AvgIpc) is 2.14. The van der Waals surface area contributed by atoms with Crippen LogP contribution in [0.4, 0.5) is 0 Å². The fourth-order valence-corrected chi connectivity index (χ4v) is 2.56. The zero-order chi connectivity index (χ0) is 13.3. The van der Waals surface area contributed by atoms with Crippen molar-refractivity contribution in [3.8, 4) is 0 Å². The molecule has 4 nitrogen and oxygen atoms in total. The van der Waals surface area contributed by atoms with Gasteiger partial charge in [0.2, 0.25) is 5.91 Å². The standard InChI is InChI=1S/C13H26N2O2/c1-11(16)14(6)10-17-15-12(2,3)8-7-9-13(15,4)5/h7-10H2,1-6H3. The van der Waals surface area contributed by atoms with Crippen molar-refractivity contribution in [3.63, 3.8) is 0 Å². The normalized spacial score (nSPS) is 23.4. The number of piperidine rings is 1. The van der Waals surface area contributed by atoms with Gasteiger partial charge >= 0.3 is 0 Å². The lowest BCUT2D eigenvalue weighted by atomic mass is 9.82. The van der Waals surface area contributed by atoms with Crippen LogP contribution in [0.15, 0.2) is 0 Å². The van der Waals surface area contributed by atoms with Crippen LogP contribution in [0.1, 0.15) is 53.9 Å². The Labute approximate surface area is 105 Å². The fourth-order valence-electron chi connectivity index (χ4n) is 2.56. The highest BCUT2D eigenvalue weighted by molar-refractivity contribution is 5.72. The van der Waals surface area contributed by atoms with Gasteiger partial charge in [0, 0.05) is 25.0 Å². The van der Waals surface area contributed by atoms with E-state index >= 15 is 0 Å². The van der Waals surface area contributed by atoms with Gasteiger partial charge in [-0.3, -0.25) is 9.63 Å². The lowest BCUT2D eigenvalue weighted by Crippen LogP contribution is -2.59. The highest BCUT2D eigenvalue weighted by Gasteiger charge is 2.42. The summed E-state index contributed by atoms with van der Waals surface area (Å²) in [6, 6.07) is 0. The SMILES string of the molecule is CC(=O)N(C)CON1C(C)(C)CCCC1(C)C. The first-order valence-corrected chi connectivity index (χ1v) is 6.32. The number of carbonyl (C=O) groups is 1. The third kappa shape index (κ3) is 3.42. The second-order valence-electron chi connectivity index (χ2n) is 6.25. The average molecular weight is 242 g/mol. The molecule has 1 saturated heterocycles. The summed E-state index contributed by atoms with van der Waals surface area (Å²) in [6.07, 6.45) is 3.48. The minimum absolute atomic E-state index is 0.0256. The van der Waals surface area contributed by atoms with Crippen molar-refractivity contribution in [3.05, 3.63) is 0 Å². The Kier molecular flexibility index (Phi) is 4.20. The number of rotatable bonds is 3. The number of hydroxylamine groups is 2. The summed E-state index contributed by atoms with van der Waals surface area (Å²) < 4.78 is 0. The summed E-state index contributed by atoms with van der Waals surface area (Å²) in [4.78, 5) is 18.6. The van der Waals surface area contributed by atoms with Crippen molar-refractivity contribution in [1.29, 1.82) is 0 Å². The summed E-state index contributed by atoms with van der Waals surface area (Å²) in [5.41, 5.74) is 0.0543. The molecule has 0 atom stereocenters. The highest BCUT2D eigenvalue weighted by Crippen LogP contribution is 2.38. The first-order chi connectivity index (χ1) is 7.67. The molecule has 0 aromatic carbocycles. The van der Waals surface area contributed by atoms with Gasteiger partial charge in [-0.1, -0.05) is 0 Å². The quantitative estimate of drug-likeness (QED) is 0.712. The van der Waals surface area contributed by atoms with Gasteiger partial charge in [-0.2, -0.15) is 5.06 Å². The van der Waals surface area contributed by atoms with Gasteiger partial charge in [0.15, 0.2) is 0 Å². The molecule has 1 rings (SSSR count). The molecule has 1 fully saturated rings. The Balaban J connectivity index is 2.67. The molecule has 0 aliphatic carbocycles. The van der Waals surface area contributed by atoms with Crippen LogP contribution < -0.4 is 0 Å². The van der Waals surface area contributed by atoms with Gasteiger partial charge in [0.05, 0.1) is 0 Å². The fraction of sp³-hybridized carbons (Fsp3) is 0.923. The number of carbonyl (C=O) groups excluding carboxylic acids is 1. The Morgan fingerprint density at radius 2 is 1.71 bits per heavy atom. The molecule has 0 N–H and O–H groups in total. The minimum atomic E-state index is 0.0256. The van der Waals surface area contributed by atoms with Crippen molar-refractivity contribution in [2.75, 3.05) is 13.8 Å². The molecular weight excluding hydrogens is 216 g/mol. The summed E-state index contributed by atoms with van der Waals surface area (Å²) in [5.74, 6) is 0.0256. The van der Waals surface area contributed by atoms with Gasteiger partial charge in [-0.15, -0.1) is 0 Å². The molecule has 1 amide bonds. The summed E-state index contributed by atoms with van der Waals surface area (Å²) in [6.45, 7) is 10.7. The summed E-state index contributed by atoms with van der Waals surface area (Å²) in [7, 11) is 1.76. The van der Waals surface area contributed by atoms with Crippen molar-refractivity contribution in [2.24, 2.45) is 0 Å². The largest absolute Gasteiger partial charge is 0.321 e. The predicted molar refractivity (Wildman–Crippen MR) is 68.2 cm³/mol. The molecular formula is C13H26N2O2. The molecule has 0 bridgehead atoms. The van der Waals surface area contributed by atoms with Crippen molar-refractivity contribution in [2.45, 2.75) is 65.0 Å². The molecule has 0 saturated carbocycles. The van der Waals surface area contributed by atoms with E-state index in [0.717, 1.165) is 12.8 Å². The molecule has 0 radical (unpaired) electrons. The van der Waals surface area contributed by atoms with E-state index in [4.69, 9.17) is 4.84 Å². The van der Waals surface area contributed by atoms with Crippen LogP contribution in [0, 0.1) is 0 Å². The number of amides is 1. The molecule has 17 heavy (non-hydrogen) atoms. The number of hydrogen-bond donors (Lipinski definition) is 0. The molecule has 4 heteroatoms. The molecule has 0 aromatic heterocycles. The zero-order valence-electron chi connectivity index (χ0n) is 12.0. The monoisotopic (exact) mass is 242 g/mol. The predicted octanol–water partition coefficient (Wildman–Crippen LogP) is 2.40. The van der Waals surface area contributed by atoms with Crippen LogP contribution in [-0.2, 0) is 9.63 Å². The van der Waals surface area contributed by atoms with Gasteiger partial charge in [-0.25, -0.2) is 0 Å². The number of hydrogen-bond acceptors (Lipinski definition) is 3. The molecule has 100 valence electrons. The minimum Gasteiger partial charge on any atom is -0.321 e. The van der Waals surface area contributed by atoms with E-state index in [0.29, 0.717) is 6.73 Å². The van der Waals surface area contributed by atoms with Gasteiger partial charge in [-0.05, 0) is 47.0 Å². The van der Waals surface area contributed by atoms with Gasteiger partial charge in [0.25, 0.3) is 0 Å². The summed E-state index contributed by atoms with van der Waals surface area (Å²) in [5, 5.41) is 2.07. The molecule has 1 aliphatic rings. The lowest BCUT2D eigenvalue weighted by Gasteiger charge is -2.51. The highest BCUT2D eigenvalue weighted by atomic mass is 16.7. The Morgan fingerprint density at radius 1 is 1.24 bits per heavy atom. The van der Waals surface area contributed by atoms with E-state index in [-0.39, 0.29) is 17.0 Å². The second kappa shape index (κ2) is 4.94. The Hall–Kier alpha value is -0.610. The molecule has 1 aliphatic heterocycles. The van der Waals surface area contributed by atoms with Crippen molar-refractivity contribution < 1.29 is 9.63 Å². The molecule has 0 spiro atoms. The summed E-state index contributed by atoms with van der Waals surface area (Å²) >= 11 is 0. The number of nitrogens with zero attached hydrogens (tertiary/aromatic N) is 2. The van der Waals surface area contributed by atoms with Crippen LogP contribution in [0.2, 0.25) is 0 Å². The third-order valence-corrected chi connectivity index (χ3v) is 3.59. The van der Waals surface area contributed by atoms with Crippen LogP contribution in [0.3, 0.4) is 0 Å². The van der Waals surface area contributed by atoms with Crippen LogP contribution in [-0.4, -0.2) is 40.7 Å².